The number of nitrogens with zero attached hydrogens (tertiary/aromatic N) is 1. The van der Waals surface area contributed by atoms with Gasteiger partial charge in [0.15, 0.2) is 0 Å². The predicted molar refractivity (Wildman–Crippen MR) is 51.9 cm³/mol. The summed E-state index contributed by atoms with van der Waals surface area (Å²) in [4.78, 5) is 0. The van der Waals surface area contributed by atoms with E-state index < -0.39 is 0 Å². The summed E-state index contributed by atoms with van der Waals surface area (Å²) in [5.41, 5.74) is 2.50. The quantitative estimate of drug-likeness (QED) is 0.694. The lowest BCUT2D eigenvalue weighted by Crippen LogP contribution is -1.85. The van der Waals surface area contributed by atoms with E-state index in [2.05, 4.69) is 0 Å². The minimum absolute atomic E-state index is 0.204. The number of hydrogen-bond acceptors (Lipinski definition) is 2. The molecule has 0 fully saturated rings. The van der Waals surface area contributed by atoms with Crippen LogP contribution in [0.3, 0.4) is 0 Å². The van der Waals surface area contributed by atoms with Crippen LogP contribution >= 0.6 is 0 Å². The number of rotatable bonds is 2. The second-order valence-corrected chi connectivity index (χ2v) is 2.85. The second-order valence-electron chi connectivity index (χ2n) is 2.85. The zero-order valence-corrected chi connectivity index (χ0v) is 7.49. The van der Waals surface area contributed by atoms with Gasteiger partial charge in [-0.1, -0.05) is 29.8 Å². The van der Waals surface area contributed by atoms with Crippen LogP contribution in [0.1, 0.15) is 11.1 Å². The largest absolute Gasteiger partial charge is 0.391 e. The third-order valence-corrected chi connectivity index (χ3v) is 1.73. The second kappa shape index (κ2) is 4.44. The van der Waals surface area contributed by atoms with E-state index in [1.165, 1.54) is 5.56 Å². The maximum atomic E-state index is 8.75. The third kappa shape index (κ3) is 2.73. The van der Waals surface area contributed by atoms with Gasteiger partial charge >= 0.3 is 0 Å². The molecule has 0 bridgehead atoms. The fourth-order valence-electron chi connectivity index (χ4n) is 0.977. The van der Waals surface area contributed by atoms with Crippen LogP contribution in [0.15, 0.2) is 29.8 Å². The van der Waals surface area contributed by atoms with E-state index in [-0.39, 0.29) is 6.61 Å². The smallest absolute Gasteiger partial charge is 0.0971 e. The van der Waals surface area contributed by atoms with Gasteiger partial charge in [0.2, 0.25) is 0 Å². The molecule has 66 valence electrons. The van der Waals surface area contributed by atoms with Gasteiger partial charge in [-0.15, -0.1) is 0 Å². The zero-order chi connectivity index (χ0) is 9.68. The molecule has 13 heavy (non-hydrogen) atoms. The molecule has 2 nitrogen and oxygen atoms in total. The van der Waals surface area contributed by atoms with Gasteiger partial charge in [-0.3, -0.25) is 0 Å². The molecule has 1 aromatic carbocycles. The summed E-state index contributed by atoms with van der Waals surface area (Å²) < 4.78 is 0. The highest BCUT2D eigenvalue weighted by molar-refractivity contribution is 5.57. The Bertz CT molecular complexity index is 343. The summed E-state index contributed by atoms with van der Waals surface area (Å²) >= 11 is 0. The van der Waals surface area contributed by atoms with Crippen LogP contribution in [0, 0.1) is 18.3 Å². The standard InChI is InChI=1S/C11H11NO/c1-9-2-4-10(5-3-9)6-11(7-12)8-13/h2-6,13H,8H2,1H3/b11-6-. The van der Waals surface area contributed by atoms with Crippen molar-refractivity contribution in [1.29, 1.82) is 5.26 Å². The first-order valence-electron chi connectivity index (χ1n) is 4.04. The minimum Gasteiger partial charge on any atom is -0.391 e. The van der Waals surface area contributed by atoms with Crippen molar-refractivity contribution in [2.24, 2.45) is 0 Å². The van der Waals surface area contributed by atoms with E-state index in [4.69, 9.17) is 10.4 Å². The molecule has 0 heterocycles. The molecule has 0 aromatic heterocycles. The van der Waals surface area contributed by atoms with Crippen LogP contribution in [0.4, 0.5) is 0 Å². The van der Waals surface area contributed by atoms with Crippen molar-refractivity contribution in [2.75, 3.05) is 6.61 Å². The molecule has 0 saturated heterocycles. The van der Waals surface area contributed by atoms with Gasteiger partial charge in [0.1, 0.15) is 0 Å². The van der Waals surface area contributed by atoms with Gasteiger partial charge in [0.25, 0.3) is 0 Å². The molecule has 0 aliphatic rings. The molecule has 0 saturated carbocycles. The Morgan fingerprint density at radius 3 is 2.54 bits per heavy atom. The summed E-state index contributed by atoms with van der Waals surface area (Å²) in [6.07, 6.45) is 1.68. The molecular weight excluding hydrogens is 162 g/mol. The van der Waals surface area contributed by atoms with E-state index in [1.54, 1.807) is 6.08 Å². The molecule has 2 heteroatoms. The molecular formula is C11H11NO. The maximum absolute atomic E-state index is 8.75. The van der Waals surface area contributed by atoms with Crippen molar-refractivity contribution in [1.82, 2.24) is 0 Å². The average molecular weight is 173 g/mol. The Balaban J connectivity index is 2.92. The number of benzene rings is 1. The van der Waals surface area contributed by atoms with Crippen molar-refractivity contribution < 1.29 is 5.11 Å². The van der Waals surface area contributed by atoms with Crippen LogP contribution in [0.2, 0.25) is 0 Å². The monoisotopic (exact) mass is 173 g/mol. The normalized spacial score (nSPS) is 11.0. The van der Waals surface area contributed by atoms with E-state index in [1.807, 2.05) is 37.3 Å². The van der Waals surface area contributed by atoms with Crippen LogP contribution in [0.5, 0.6) is 0 Å². The lowest BCUT2D eigenvalue weighted by molar-refractivity contribution is 0.337. The number of nitriles is 1. The van der Waals surface area contributed by atoms with Crippen LogP contribution in [0.25, 0.3) is 6.08 Å². The summed E-state index contributed by atoms with van der Waals surface area (Å²) in [7, 11) is 0. The lowest BCUT2D eigenvalue weighted by Gasteiger charge is -1.95. The van der Waals surface area contributed by atoms with Crippen molar-refractivity contribution >= 4 is 6.08 Å². The Morgan fingerprint density at radius 2 is 2.08 bits per heavy atom. The number of aryl methyl sites for hydroxylation is 1. The van der Waals surface area contributed by atoms with E-state index in [0.29, 0.717) is 5.57 Å². The maximum Gasteiger partial charge on any atom is 0.0971 e. The molecule has 0 aliphatic heterocycles. The topological polar surface area (TPSA) is 44.0 Å². The summed E-state index contributed by atoms with van der Waals surface area (Å²) in [5, 5.41) is 17.3. The molecule has 0 radical (unpaired) electrons. The van der Waals surface area contributed by atoms with Gasteiger partial charge in [0, 0.05) is 0 Å². The molecule has 0 amide bonds. The Morgan fingerprint density at radius 1 is 1.46 bits per heavy atom. The molecule has 1 N–H and O–H groups in total. The first-order valence-corrected chi connectivity index (χ1v) is 4.04. The van der Waals surface area contributed by atoms with Crippen molar-refractivity contribution in [3.63, 3.8) is 0 Å². The molecule has 0 spiro atoms. The van der Waals surface area contributed by atoms with Crippen LogP contribution in [-0.4, -0.2) is 11.7 Å². The Kier molecular flexibility index (Phi) is 3.24. The molecule has 0 atom stereocenters. The van der Waals surface area contributed by atoms with Crippen molar-refractivity contribution in [2.45, 2.75) is 6.92 Å². The zero-order valence-electron chi connectivity index (χ0n) is 7.49. The van der Waals surface area contributed by atoms with Crippen LogP contribution in [-0.2, 0) is 0 Å². The Hall–Kier alpha value is -1.59. The highest BCUT2D eigenvalue weighted by Crippen LogP contribution is 2.07. The van der Waals surface area contributed by atoms with Crippen molar-refractivity contribution in [3.05, 3.63) is 41.0 Å². The van der Waals surface area contributed by atoms with Crippen LogP contribution < -0.4 is 0 Å². The third-order valence-electron chi connectivity index (χ3n) is 1.73. The van der Waals surface area contributed by atoms with Gasteiger partial charge < -0.3 is 5.11 Å². The first kappa shape index (κ1) is 9.50. The van der Waals surface area contributed by atoms with Crippen molar-refractivity contribution in [3.8, 4) is 6.07 Å². The SMILES string of the molecule is Cc1ccc(/C=C(/C#N)CO)cc1. The fraction of sp³-hybridized carbons (Fsp3) is 0.182. The van der Waals surface area contributed by atoms with E-state index >= 15 is 0 Å². The number of hydrogen-bond donors (Lipinski definition) is 1. The molecule has 0 aliphatic carbocycles. The van der Waals surface area contributed by atoms with Gasteiger partial charge in [-0.25, -0.2) is 0 Å². The molecule has 1 aromatic rings. The summed E-state index contributed by atoms with van der Waals surface area (Å²) in [5.74, 6) is 0. The first-order chi connectivity index (χ1) is 6.26. The minimum atomic E-state index is -0.204. The lowest BCUT2D eigenvalue weighted by atomic mass is 10.1. The van der Waals surface area contributed by atoms with Gasteiger partial charge in [-0.2, -0.15) is 5.26 Å². The predicted octanol–water partition coefficient (Wildman–Crippen LogP) is 1.89. The fourth-order valence-corrected chi connectivity index (χ4v) is 0.977. The van der Waals surface area contributed by atoms with E-state index in [0.717, 1.165) is 5.56 Å². The average Bonchev–Trinajstić information content (AvgIpc) is 2.17. The Labute approximate surface area is 77.8 Å². The highest BCUT2D eigenvalue weighted by atomic mass is 16.3. The number of aliphatic hydroxyl groups excluding tert-OH is 1. The van der Waals surface area contributed by atoms with Gasteiger partial charge in [0.05, 0.1) is 18.2 Å². The summed E-state index contributed by atoms with van der Waals surface area (Å²) in [6.45, 7) is 1.80. The number of aliphatic hydroxyl groups is 1. The van der Waals surface area contributed by atoms with Gasteiger partial charge in [-0.05, 0) is 18.6 Å². The van der Waals surface area contributed by atoms with E-state index in [9.17, 15) is 0 Å². The molecule has 1 rings (SSSR count). The molecule has 0 unspecified atom stereocenters. The summed E-state index contributed by atoms with van der Waals surface area (Å²) in [6, 6.07) is 9.70. The highest BCUT2D eigenvalue weighted by Gasteiger charge is 1.93.